The smallest absolute Gasteiger partial charge is 0.348 e. The van der Waals surface area contributed by atoms with Crippen molar-refractivity contribution in [3.8, 4) is 11.3 Å². The van der Waals surface area contributed by atoms with Crippen LogP contribution in [0.5, 0.6) is 0 Å². The molecular weight excluding hydrogens is 537 g/mol. The van der Waals surface area contributed by atoms with Gasteiger partial charge in [0.2, 0.25) is 5.91 Å². The molecule has 206 valence electrons. The number of pyridine rings is 1. The highest BCUT2D eigenvalue weighted by atomic mass is 35.5. The molecule has 1 aliphatic carbocycles. The van der Waals surface area contributed by atoms with Crippen molar-refractivity contribution in [1.29, 1.82) is 0 Å². The van der Waals surface area contributed by atoms with Gasteiger partial charge in [-0.15, -0.1) is 0 Å². The zero-order valence-corrected chi connectivity index (χ0v) is 22.7. The first-order valence-electron chi connectivity index (χ1n) is 12.7. The summed E-state index contributed by atoms with van der Waals surface area (Å²) in [7, 11) is 0. The fourth-order valence-electron chi connectivity index (χ4n) is 5.31. The van der Waals surface area contributed by atoms with Gasteiger partial charge in [-0.3, -0.25) is 9.78 Å². The van der Waals surface area contributed by atoms with Gasteiger partial charge in [-0.05, 0) is 37.1 Å². The number of carboxylic acid groups (broad SMARTS) is 1. The van der Waals surface area contributed by atoms with Crippen molar-refractivity contribution in [3.63, 3.8) is 0 Å². The largest absolute Gasteiger partial charge is 0.480 e. The number of carbonyl (C=O) groups excluding carboxylic acids is 1. The third kappa shape index (κ3) is 4.79. The van der Waals surface area contributed by atoms with Crippen LogP contribution in [0.25, 0.3) is 22.3 Å². The molecule has 0 radical (unpaired) electrons. The minimum atomic E-state index is -1.19. The van der Waals surface area contributed by atoms with Crippen LogP contribution in [0.3, 0.4) is 0 Å². The number of anilines is 1. The molecule has 2 N–H and O–H groups in total. The van der Waals surface area contributed by atoms with Crippen molar-refractivity contribution in [2.24, 2.45) is 5.41 Å². The molecule has 0 saturated carbocycles. The van der Waals surface area contributed by atoms with Crippen molar-refractivity contribution in [3.05, 3.63) is 87.6 Å². The number of rotatable bonds is 6. The van der Waals surface area contributed by atoms with E-state index in [1.807, 2.05) is 25.1 Å². The van der Waals surface area contributed by atoms with Crippen LogP contribution >= 0.6 is 11.6 Å². The number of carbonyl (C=O) groups is 2. The minimum Gasteiger partial charge on any atom is -0.480 e. The fourth-order valence-corrected chi connectivity index (χ4v) is 5.56. The Hall–Kier alpha value is -4.31. The lowest BCUT2D eigenvalue weighted by atomic mass is 9.78. The van der Waals surface area contributed by atoms with E-state index in [2.05, 4.69) is 34.5 Å². The number of carboxylic acids is 1. The summed E-state index contributed by atoms with van der Waals surface area (Å²) in [6.45, 7) is 7.72. The number of hydrogen-bond donors (Lipinski definition) is 2. The quantitative estimate of drug-likeness (QED) is 0.433. The molecular formula is C29H27ClFN5O4. The summed E-state index contributed by atoms with van der Waals surface area (Å²) < 4.78 is 15.4. The SMILES string of the molecule is C=CC(=O)N1CCN(c2nc(=O)[nH]c3nc(-c4c(F)cccc4C[C@]4(C)C=CC=C4C)c(Cl)cc23)[C@@H](C(=O)O)C1. The molecule has 0 bridgehead atoms. The second kappa shape index (κ2) is 10.3. The summed E-state index contributed by atoms with van der Waals surface area (Å²) in [6, 6.07) is 5.13. The van der Waals surface area contributed by atoms with Gasteiger partial charge >= 0.3 is 11.7 Å². The van der Waals surface area contributed by atoms with Crippen LogP contribution in [-0.2, 0) is 16.0 Å². The monoisotopic (exact) mass is 563 g/mol. The van der Waals surface area contributed by atoms with Gasteiger partial charge in [0.25, 0.3) is 0 Å². The van der Waals surface area contributed by atoms with Gasteiger partial charge in [0, 0.05) is 24.1 Å². The minimum absolute atomic E-state index is 0.0657. The Morgan fingerprint density at radius 2 is 2.10 bits per heavy atom. The summed E-state index contributed by atoms with van der Waals surface area (Å²) in [5, 5.41) is 10.3. The number of piperazine rings is 1. The molecule has 2 atom stereocenters. The lowest BCUT2D eigenvalue weighted by Crippen LogP contribution is -2.58. The van der Waals surface area contributed by atoms with E-state index < -0.39 is 29.4 Å². The molecule has 1 saturated heterocycles. The van der Waals surface area contributed by atoms with Crippen molar-refractivity contribution in [1.82, 2.24) is 19.9 Å². The van der Waals surface area contributed by atoms with E-state index >= 15 is 4.39 Å². The van der Waals surface area contributed by atoms with Gasteiger partial charge in [-0.25, -0.2) is 19.0 Å². The lowest BCUT2D eigenvalue weighted by Gasteiger charge is -2.39. The first-order valence-corrected chi connectivity index (χ1v) is 13.1. The number of hydrogen-bond acceptors (Lipinski definition) is 6. The molecule has 2 aromatic heterocycles. The first-order chi connectivity index (χ1) is 19.0. The zero-order valence-electron chi connectivity index (χ0n) is 21.9. The Bertz CT molecular complexity index is 1680. The number of benzene rings is 1. The van der Waals surface area contributed by atoms with Crippen LogP contribution < -0.4 is 10.6 Å². The molecule has 3 heterocycles. The Morgan fingerprint density at radius 1 is 1.32 bits per heavy atom. The Morgan fingerprint density at radius 3 is 2.77 bits per heavy atom. The number of aromatic amines is 1. The Balaban J connectivity index is 1.62. The normalized spacial score (nSPS) is 20.6. The maximum atomic E-state index is 15.4. The van der Waals surface area contributed by atoms with Crippen LogP contribution in [0.4, 0.5) is 10.2 Å². The molecule has 0 unspecified atom stereocenters. The molecule has 1 fully saturated rings. The highest BCUT2D eigenvalue weighted by Crippen LogP contribution is 2.41. The number of aromatic nitrogens is 3. The van der Waals surface area contributed by atoms with Crippen molar-refractivity contribution >= 4 is 40.3 Å². The van der Waals surface area contributed by atoms with Gasteiger partial charge in [0.1, 0.15) is 23.3 Å². The van der Waals surface area contributed by atoms with E-state index in [9.17, 15) is 19.5 Å². The van der Waals surface area contributed by atoms with Crippen molar-refractivity contribution in [2.75, 3.05) is 24.5 Å². The molecule has 11 heteroatoms. The zero-order chi connectivity index (χ0) is 28.8. The van der Waals surface area contributed by atoms with Crippen LogP contribution in [0.2, 0.25) is 5.02 Å². The standard InChI is InChI=1S/C29H27ClFN5O4/c1-4-22(37)35-11-12-36(21(15-35)27(38)39)26-18-13-19(30)24(32-25(18)33-28(40)34-26)23-17(8-5-9-20(23)31)14-29(3)10-6-7-16(29)2/h4-10,13,21H,1,11-12,14-15H2,2-3H3,(H,38,39)(H,32,33,34,40)/t21-,29+/m1/s1. The predicted octanol–water partition coefficient (Wildman–Crippen LogP) is 4.13. The van der Waals surface area contributed by atoms with Crippen LogP contribution in [0, 0.1) is 11.2 Å². The average molecular weight is 564 g/mol. The summed E-state index contributed by atoms with van der Waals surface area (Å²) >= 11 is 6.72. The summed E-state index contributed by atoms with van der Waals surface area (Å²) in [6.07, 6.45) is 7.70. The van der Waals surface area contributed by atoms with Crippen molar-refractivity contribution in [2.45, 2.75) is 26.3 Å². The Labute approximate surface area is 234 Å². The molecule has 1 amide bonds. The molecule has 2 aliphatic rings. The summed E-state index contributed by atoms with van der Waals surface area (Å²) in [4.78, 5) is 51.0. The topological polar surface area (TPSA) is 119 Å². The maximum Gasteiger partial charge on any atom is 0.348 e. The second-order valence-electron chi connectivity index (χ2n) is 10.2. The number of amides is 1. The van der Waals surface area contributed by atoms with Crippen LogP contribution in [-0.4, -0.2) is 62.5 Å². The number of aliphatic carboxylic acids is 1. The summed E-state index contributed by atoms with van der Waals surface area (Å²) in [5.41, 5.74) is 1.24. The number of nitrogens with one attached hydrogen (secondary N) is 1. The molecule has 9 nitrogen and oxygen atoms in total. The third-order valence-electron chi connectivity index (χ3n) is 7.68. The molecule has 1 aliphatic heterocycles. The summed E-state index contributed by atoms with van der Waals surface area (Å²) in [5.74, 6) is -2.03. The van der Waals surface area contributed by atoms with Gasteiger partial charge in [-0.1, -0.05) is 61.0 Å². The fraction of sp³-hybridized carbons (Fsp3) is 0.276. The van der Waals surface area contributed by atoms with Crippen LogP contribution in [0.15, 0.2) is 65.5 Å². The number of halogens is 2. The first kappa shape index (κ1) is 27.3. The molecule has 40 heavy (non-hydrogen) atoms. The average Bonchev–Trinajstić information content (AvgIpc) is 3.25. The van der Waals surface area contributed by atoms with E-state index in [4.69, 9.17) is 11.6 Å². The maximum absolute atomic E-state index is 15.4. The number of nitrogens with zero attached hydrogens (tertiary/aromatic N) is 4. The van der Waals surface area contributed by atoms with Crippen molar-refractivity contribution < 1.29 is 19.1 Å². The van der Waals surface area contributed by atoms with E-state index in [0.717, 1.165) is 11.6 Å². The third-order valence-corrected chi connectivity index (χ3v) is 7.97. The van der Waals surface area contributed by atoms with Gasteiger partial charge < -0.3 is 14.9 Å². The van der Waals surface area contributed by atoms with E-state index in [-0.39, 0.29) is 52.8 Å². The highest BCUT2D eigenvalue weighted by Gasteiger charge is 2.36. The van der Waals surface area contributed by atoms with E-state index in [0.29, 0.717) is 17.4 Å². The lowest BCUT2D eigenvalue weighted by molar-refractivity contribution is -0.140. The molecule has 0 spiro atoms. The second-order valence-corrected chi connectivity index (χ2v) is 10.6. The predicted molar refractivity (Wildman–Crippen MR) is 151 cm³/mol. The van der Waals surface area contributed by atoms with Crippen LogP contribution in [0.1, 0.15) is 19.4 Å². The Kier molecular flexibility index (Phi) is 7.05. The van der Waals surface area contributed by atoms with Gasteiger partial charge in [-0.2, -0.15) is 4.98 Å². The molecule has 1 aromatic carbocycles. The number of H-pyrrole nitrogens is 1. The highest BCUT2D eigenvalue weighted by molar-refractivity contribution is 6.34. The van der Waals surface area contributed by atoms with Gasteiger partial charge in [0.05, 0.1) is 22.6 Å². The molecule has 5 rings (SSSR count). The molecule has 3 aromatic rings. The van der Waals surface area contributed by atoms with E-state index in [1.165, 1.54) is 21.9 Å². The number of fused-ring (bicyclic) bond motifs is 1. The van der Waals surface area contributed by atoms with E-state index in [1.54, 1.807) is 6.07 Å². The van der Waals surface area contributed by atoms with Gasteiger partial charge in [0.15, 0.2) is 0 Å². The number of allylic oxidation sites excluding steroid dienone is 4.